The molecule has 2 rings (SSSR count). The van der Waals surface area contributed by atoms with Crippen LogP contribution in [0.25, 0.3) is 0 Å². The molecule has 0 radical (unpaired) electrons. The van der Waals surface area contributed by atoms with Crippen LogP contribution < -0.4 is 5.32 Å². The Balaban J connectivity index is 2.28. The number of pyridine rings is 1. The second-order valence-electron chi connectivity index (χ2n) is 4.66. The summed E-state index contributed by atoms with van der Waals surface area (Å²) in [5, 5.41) is 5.54. The van der Waals surface area contributed by atoms with E-state index in [4.69, 9.17) is 23.2 Å². The molecular formula is C15H16Cl2N2S. The maximum absolute atomic E-state index is 6.33. The topological polar surface area (TPSA) is 24.9 Å². The monoisotopic (exact) mass is 326 g/mol. The predicted octanol–water partition coefficient (Wildman–Crippen LogP) is 5.04. The minimum absolute atomic E-state index is 0.422. The van der Waals surface area contributed by atoms with E-state index >= 15 is 0 Å². The molecule has 0 fully saturated rings. The average molecular weight is 327 g/mol. The van der Waals surface area contributed by atoms with Crippen molar-refractivity contribution < 1.29 is 0 Å². The van der Waals surface area contributed by atoms with Gasteiger partial charge in [0.15, 0.2) is 0 Å². The summed E-state index contributed by atoms with van der Waals surface area (Å²) in [4.78, 5) is 5.31. The molecule has 106 valence electrons. The van der Waals surface area contributed by atoms with E-state index in [2.05, 4.69) is 30.2 Å². The summed E-state index contributed by atoms with van der Waals surface area (Å²) in [6.07, 6.45) is 1.73. The van der Waals surface area contributed by atoms with Crippen LogP contribution in [0.5, 0.6) is 0 Å². The first-order valence-corrected chi connectivity index (χ1v) is 7.94. The Morgan fingerprint density at radius 1 is 1.15 bits per heavy atom. The molecular weight excluding hydrogens is 311 g/mol. The first-order chi connectivity index (χ1) is 9.58. The van der Waals surface area contributed by atoms with E-state index in [0.717, 1.165) is 27.1 Å². The van der Waals surface area contributed by atoms with Crippen molar-refractivity contribution in [3.63, 3.8) is 0 Å². The van der Waals surface area contributed by atoms with E-state index in [1.54, 1.807) is 6.20 Å². The molecule has 20 heavy (non-hydrogen) atoms. The van der Waals surface area contributed by atoms with Gasteiger partial charge in [0.05, 0.1) is 10.0 Å². The SMILES string of the molecule is CC(C)NCc1cccc(Cl)c1Sc1ncccc1Cl. The number of rotatable bonds is 5. The lowest BCUT2D eigenvalue weighted by Gasteiger charge is -2.13. The van der Waals surface area contributed by atoms with Gasteiger partial charge >= 0.3 is 0 Å². The number of benzene rings is 1. The molecule has 0 saturated heterocycles. The normalized spacial score (nSPS) is 11.1. The summed E-state index contributed by atoms with van der Waals surface area (Å²) in [6, 6.07) is 9.99. The number of hydrogen-bond donors (Lipinski definition) is 1. The van der Waals surface area contributed by atoms with E-state index in [9.17, 15) is 0 Å². The van der Waals surface area contributed by atoms with Gasteiger partial charge in [-0.05, 0) is 23.8 Å². The van der Waals surface area contributed by atoms with E-state index < -0.39 is 0 Å². The van der Waals surface area contributed by atoms with Gasteiger partial charge in [-0.2, -0.15) is 0 Å². The second-order valence-corrected chi connectivity index (χ2v) is 6.47. The molecule has 1 aromatic heterocycles. The van der Waals surface area contributed by atoms with Gasteiger partial charge in [0.2, 0.25) is 0 Å². The summed E-state index contributed by atoms with van der Waals surface area (Å²) in [7, 11) is 0. The van der Waals surface area contributed by atoms with Crippen LogP contribution in [0.3, 0.4) is 0 Å². The Hall–Kier alpha value is -0.740. The van der Waals surface area contributed by atoms with E-state index in [1.165, 1.54) is 11.8 Å². The molecule has 2 nitrogen and oxygen atoms in total. The molecule has 0 saturated carbocycles. The van der Waals surface area contributed by atoms with Gasteiger partial charge in [0.25, 0.3) is 0 Å². The third-order valence-corrected chi connectivity index (χ3v) is 4.72. The highest BCUT2D eigenvalue weighted by molar-refractivity contribution is 7.99. The average Bonchev–Trinajstić information content (AvgIpc) is 2.41. The van der Waals surface area contributed by atoms with Crippen LogP contribution in [0.1, 0.15) is 19.4 Å². The first kappa shape index (κ1) is 15.6. The fraction of sp³-hybridized carbons (Fsp3) is 0.267. The number of halogens is 2. The van der Waals surface area contributed by atoms with Crippen LogP contribution >= 0.6 is 35.0 Å². The van der Waals surface area contributed by atoms with Crippen molar-refractivity contribution in [1.29, 1.82) is 0 Å². The van der Waals surface area contributed by atoms with Gasteiger partial charge in [-0.1, -0.05) is 60.9 Å². The Labute approximate surface area is 133 Å². The zero-order valence-electron chi connectivity index (χ0n) is 11.4. The van der Waals surface area contributed by atoms with Gasteiger partial charge in [-0.25, -0.2) is 4.98 Å². The lowest BCUT2D eigenvalue weighted by molar-refractivity contribution is 0.585. The van der Waals surface area contributed by atoms with Gasteiger partial charge in [-0.3, -0.25) is 0 Å². The quantitative estimate of drug-likeness (QED) is 0.833. The molecule has 0 spiro atoms. The van der Waals surface area contributed by atoms with Crippen molar-refractivity contribution in [2.75, 3.05) is 0 Å². The molecule has 0 atom stereocenters. The molecule has 0 aliphatic heterocycles. The number of aromatic nitrogens is 1. The van der Waals surface area contributed by atoms with Crippen LogP contribution in [0.4, 0.5) is 0 Å². The molecule has 1 heterocycles. The van der Waals surface area contributed by atoms with Crippen LogP contribution in [-0.4, -0.2) is 11.0 Å². The van der Waals surface area contributed by atoms with Crippen LogP contribution in [0, 0.1) is 0 Å². The molecule has 0 aliphatic carbocycles. The Bertz CT molecular complexity index is 588. The Morgan fingerprint density at radius 2 is 1.90 bits per heavy atom. The largest absolute Gasteiger partial charge is 0.310 e. The summed E-state index contributed by atoms with van der Waals surface area (Å²) in [5.74, 6) is 0. The maximum atomic E-state index is 6.33. The van der Waals surface area contributed by atoms with E-state index in [1.807, 2.05) is 24.3 Å². The fourth-order valence-electron chi connectivity index (χ4n) is 1.66. The molecule has 5 heteroatoms. The van der Waals surface area contributed by atoms with E-state index in [-0.39, 0.29) is 0 Å². The highest BCUT2D eigenvalue weighted by Crippen LogP contribution is 2.37. The van der Waals surface area contributed by atoms with Crippen LogP contribution in [0.15, 0.2) is 46.5 Å². The molecule has 0 aliphatic rings. The summed E-state index contributed by atoms with van der Waals surface area (Å²) >= 11 is 14.0. The molecule has 2 aromatic rings. The van der Waals surface area contributed by atoms with Gasteiger partial charge in [0, 0.05) is 23.7 Å². The third-order valence-electron chi connectivity index (χ3n) is 2.67. The van der Waals surface area contributed by atoms with Crippen molar-refractivity contribution in [1.82, 2.24) is 10.3 Å². The van der Waals surface area contributed by atoms with Gasteiger partial charge < -0.3 is 5.32 Å². The summed E-state index contributed by atoms with van der Waals surface area (Å²) in [5.41, 5.74) is 1.15. The smallest absolute Gasteiger partial charge is 0.119 e. The standard InChI is InChI=1S/C15H16Cl2N2S/c1-10(2)19-9-11-5-3-6-12(16)14(11)20-15-13(17)7-4-8-18-15/h3-8,10,19H,9H2,1-2H3. The van der Waals surface area contributed by atoms with Crippen molar-refractivity contribution in [3.05, 3.63) is 52.1 Å². The van der Waals surface area contributed by atoms with E-state index in [0.29, 0.717) is 11.1 Å². The van der Waals surface area contributed by atoms with Crippen molar-refractivity contribution in [2.45, 2.75) is 36.4 Å². The Kier molecular flexibility index (Phi) is 5.73. The lowest BCUT2D eigenvalue weighted by atomic mass is 10.2. The summed E-state index contributed by atoms with van der Waals surface area (Å²) < 4.78 is 0. The first-order valence-electron chi connectivity index (χ1n) is 6.37. The minimum Gasteiger partial charge on any atom is -0.310 e. The zero-order chi connectivity index (χ0) is 14.5. The van der Waals surface area contributed by atoms with Crippen molar-refractivity contribution in [2.24, 2.45) is 0 Å². The van der Waals surface area contributed by atoms with Crippen molar-refractivity contribution in [3.8, 4) is 0 Å². The van der Waals surface area contributed by atoms with Crippen LogP contribution in [0.2, 0.25) is 10.0 Å². The predicted molar refractivity (Wildman–Crippen MR) is 86.8 cm³/mol. The van der Waals surface area contributed by atoms with Gasteiger partial charge in [-0.15, -0.1) is 0 Å². The fourth-order valence-corrected chi connectivity index (χ4v) is 3.12. The number of nitrogens with zero attached hydrogens (tertiary/aromatic N) is 1. The molecule has 0 amide bonds. The summed E-state index contributed by atoms with van der Waals surface area (Å²) in [6.45, 7) is 5.00. The third kappa shape index (κ3) is 4.13. The van der Waals surface area contributed by atoms with Gasteiger partial charge in [0.1, 0.15) is 5.03 Å². The lowest BCUT2D eigenvalue weighted by Crippen LogP contribution is -2.22. The minimum atomic E-state index is 0.422. The molecule has 0 bridgehead atoms. The number of nitrogens with one attached hydrogen (secondary N) is 1. The molecule has 1 N–H and O–H groups in total. The molecule has 0 unspecified atom stereocenters. The number of hydrogen-bond acceptors (Lipinski definition) is 3. The second kappa shape index (κ2) is 7.32. The Morgan fingerprint density at radius 3 is 2.60 bits per heavy atom. The zero-order valence-corrected chi connectivity index (χ0v) is 13.7. The van der Waals surface area contributed by atoms with Crippen molar-refractivity contribution >= 4 is 35.0 Å². The molecule has 1 aromatic carbocycles. The van der Waals surface area contributed by atoms with Crippen LogP contribution in [-0.2, 0) is 6.54 Å². The maximum Gasteiger partial charge on any atom is 0.119 e. The highest BCUT2D eigenvalue weighted by atomic mass is 35.5. The highest BCUT2D eigenvalue weighted by Gasteiger charge is 2.12.